The molecule has 316 valence electrons. The summed E-state index contributed by atoms with van der Waals surface area (Å²) in [7, 11) is 3.87. The standard InChI is InChI=1S/C18H36N2O3.C16H30N2O2.3CO2.2CH4/c1-7-13(8-2)23-16-15(20-12(5)21)14(19-6)11-18(9-3,10-4)17(16)22;1-6-12-9-14(17-5)16(18-11(4)19)15(10-12)20-13(7-2)8-3;3*2-1-3;;/h13-17,19,22H,7-11H2,1-6H3,(H,20,21);10,13-17H,6-9H2,1-5H3,(H,18,19);;;;2*1H4/t14-,15+,16-,17+;14-,15+,16+;;;;;/m00...../s1. The van der Waals surface area contributed by atoms with Crippen molar-refractivity contribution in [2.45, 2.75) is 190 Å². The summed E-state index contributed by atoms with van der Waals surface area (Å²) in [6, 6.07) is 0.132. The fraction of sp³-hybridized carbons (Fsp3) is 0.821. The number of aliphatic hydroxyl groups excluding tert-OH is 1. The maximum absolute atomic E-state index is 11.7. The molecule has 15 heteroatoms. The molecule has 0 aromatic heterocycles. The largest absolute Gasteiger partial charge is 0.390 e. The Balaban J connectivity index is -0.000000236. The van der Waals surface area contributed by atoms with E-state index < -0.39 is 6.10 Å². The number of ether oxygens (including phenoxy) is 2. The van der Waals surface area contributed by atoms with Crippen molar-refractivity contribution in [3.05, 3.63) is 11.6 Å². The van der Waals surface area contributed by atoms with Crippen LogP contribution in [0, 0.1) is 5.41 Å². The number of rotatable bonds is 15. The van der Waals surface area contributed by atoms with Crippen molar-refractivity contribution < 1.29 is 52.9 Å². The van der Waals surface area contributed by atoms with Gasteiger partial charge in [0.05, 0.1) is 36.5 Å². The van der Waals surface area contributed by atoms with Crippen LogP contribution in [0.2, 0.25) is 0 Å². The molecule has 0 radical (unpaired) electrons. The van der Waals surface area contributed by atoms with E-state index in [2.05, 4.69) is 75.8 Å². The second-order valence-corrected chi connectivity index (χ2v) is 12.7. The van der Waals surface area contributed by atoms with Crippen molar-refractivity contribution in [3.63, 3.8) is 0 Å². The van der Waals surface area contributed by atoms with Gasteiger partial charge in [0.2, 0.25) is 11.8 Å². The van der Waals surface area contributed by atoms with Gasteiger partial charge in [0.1, 0.15) is 6.10 Å². The minimum absolute atomic E-state index is 0. The van der Waals surface area contributed by atoms with Crippen molar-refractivity contribution in [2.75, 3.05) is 14.1 Å². The monoisotopic (exact) mass is 775 g/mol. The first-order valence-electron chi connectivity index (χ1n) is 18.2. The molecule has 2 aliphatic carbocycles. The van der Waals surface area contributed by atoms with Gasteiger partial charge in [0.15, 0.2) is 0 Å². The molecule has 0 aromatic carbocycles. The summed E-state index contributed by atoms with van der Waals surface area (Å²) in [5, 5.41) is 23.9. The highest BCUT2D eigenvalue weighted by Crippen LogP contribution is 2.44. The maximum atomic E-state index is 11.7. The topological polar surface area (TPSA) is 223 Å². The number of amides is 2. The van der Waals surface area contributed by atoms with E-state index in [0.29, 0.717) is 0 Å². The molecule has 0 aromatic rings. The molecule has 7 atom stereocenters. The Labute approximate surface area is 324 Å². The van der Waals surface area contributed by atoms with Crippen molar-refractivity contribution in [2.24, 2.45) is 5.41 Å². The summed E-state index contributed by atoms with van der Waals surface area (Å²) in [4.78, 5) is 71.9. The Morgan fingerprint density at radius 2 is 1.13 bits per heavy atom. The number of nitrogens with one attached hydrogen (secondary N) is 4. The van der Waals surface area contributed by atoms with E-state index in [0.717, 1.165) is 57.8 Å². The first-order chi connectivity index (χ1) is 24.7. The van der Waals surface area contributed by atoms with E-state index >= 15 is 0 Å². The van der Waals surface area contributed by atoms with E-state index in [1.165, 1.54) is 12.5 Å². The van der Waals surface area contributed by atoms with Gasteiger partial charge >= 0.3 is 18.5 Å². The van der Waals surface area contributed by atoms with Gasteiger partial charge in [-0.15, -0.1) is 0 Å². The van der Waals surface area contributed by atoms with Crippen LogP contribution in [0.25, 0.3) is 0 Å². The van der Waals surface area contributed by atoms with Crippen LogP contribution < -0.4 is 21.3 Å². The second kappa shape index (κ2) is 35.3. The Bertz CT molecular complexity index is 1080. The minimum atomic E-state index is -0.570. The van der Waals surface area contributed by atoms with Crippen molar-refractivity contribution in [1.82, 2.24) is 21.3 Å². The Morgan fingerprint density at radius 1 is 0.741 bits per heavy atom. The molecule has 0 unspecified atom stereocenters. The van der Waals surface area contributed by atoms with Gasteiger partial charge < -0.3 is 35.8 Å². The quantitative estimate of drug-likeness (QED) is 0.148. The molecule has 2 aliphatic rings. The highest BCUT2D eigenvalue weighted by molar-refractivity contribution is 5.73. The number of hydrogen-bond donors (Lipinski definition) is 5. The third kappa shape index (κ3) is 21.5. The summed E-state index contributed by atoms with van der Waals surface area (Å²) in [6.45, 7) is 18.0. The van der Waals surface area contributed by atoms with Crippen molar-refractivity contribution in [3.8, 4) is 0 Å². The highest BCUT2D eigenvalue weighted by Gasteiger charge is 2.52. The van der Waals surface area contributed by atoms with E-state index in [-0.39, 0.29) is 99.1 Å². The van der Waals surface area contributed by atoms with E-state index in [1.807, 2.05) is 14.1 Å². The van der Waals surface area contributed by atoms with E-state index in [9.17, 15) is 14.7 Å². The van der Waals surface area contributed by atoms with Crippen LogP contribution in [0.5, 0.6) is 0 Å². The number of carbonyl (C=O) groups is 2. The van der Waals surface area contributed by atoms with Gasteiger partial charge in [-0.2, -0.15) is 28.8 Å². The third-order valence-electron chi connectivity index (χ3n) is 9.89. The lowest BCUT2D eigenvalue weighted by molar-refractivity contribution is -0.193. The van der Waals surface area contributed by atoms with Crippen LogP contribution in [0.15, 0.2) is 11.6 Å². The van der Waals surface area contributed by atoms with Gasteiger partial charge in [-0.25, -0.2) is 0 Å². The average molecular weight is 775 g/mol. The van der Waals surface area contributed by atoms with Crippen LogP contribution in [0.1, 0.15) is 135 Å². The summed E-state index contributed by atoms with van der Waals surface area (Å²) in [6.07, 6.45) is 10.8. The lowest BCUT2D eigenvalue weighted by Crippen LogP contribution is -2.67. The highest BCUT2D eigenvalue weighted by atomic mass is 16.5. The van der Waals surface area contributed by atoms with Gasteiger partial charge in [-0.05, 0) is 77.3 Å². The Kier molecular flexibility index (Phi) is 39.2. The predicted octanol–water partition coefficient (Wildman–Crippen LogP) is 4.14. The fourth-order valence-corrected chi connectivity index (χ4v) is 6.81. The molecule has 15 nitrogen and oxygen atoms in total. The Hall–Kier alpha value is -3.38. The summed E-state index contributed by atoms with van der Waals surface area (Å²) >= 11 is 0. The number of carbonyl (C=O) groups excluding carboxylic acids is 8. The Morgan fingerprint density at radius 3 is 1.46 bits per heavy atom. The molecule has 1 fully saturated rings. The van der Waals surface area contributed by atoms with Crippen LogP contribution in [0.4, 0.5) is 0 Å². The van der Waals surface area contributed by atoms with Gasteiger partial charge in [0, 0.05) is 25.9 Å². The minimum Gasteiger partial charge on any atom is -0.390 e. The maximum Gasteiger partial charge on any atom is 0.373 e. The van der Waals surface area contributed by atoms with Crippen molar-refractivity contribution in [1.29, 1.82) is 0 Å². The first-order valence-corrected chi connectivity index (χ1v) is 18.2. The molecule has 2 amide bonds. The van der Waals surface area contributed by atoms with E-state index in [4.69, 9.17) is 38.2 Å². The van der Waals surface area contributed by atoms with Gasteiger partial charge in [-0.1, -0.05) is 75.0 Å². The number of aliphatic hydroxyl groups is 1. The number of hydrogen-bond acceptors (Lipinski definition) is 13. The molecular weight excluding hydrogens is 700 g/mol. The van der Waals surface area contributed by atoms with Gasteiger partial charge in [-0.3, -0.25) is 9.59 Å². The van der Waals surface area contributed by atoms with Crippen LogP contribution in [0.3, 0.4) is 0 Å². The average Bonchev–Trinajstić information content (AvgIpc) is 3.12. The smallest absolute Gasteiger partial charge is 0.373 e. The zero-order chi connectivity index (χ0) is 40.9. The normalized spacial score (nSPS) is 23.2. The third-order valence-corrected chi connectivity index (χ3v) is 9.89. The van der Waals surface area contributed by atoms with Crippen LogP contribution in [-0.2, 0) is 47.8 Å². The molecule has 5 N–H and O–H groups in total. The summed E-state index contributed by atoms with van der Waals surface area (Å²) in [5.74, 6) is -0.0807. The summed E-state index contributed by atoms with van der Waals surface area (Å²) in [5.41, 5.74) is 1.24. The molecule has 0 heterocycles. The molecule has 2 rings (SSSR count). The summed E-state index contributed by atoms with van der Waals surface area (Å²) < 4.78 is 12.5. The first kappa shape index (κ1) is 59.9. The lowest BCUT2D eigenvalue weighted by Gasteiger charge is -2.52. The van der Waals surface area contributed by atoms with Crippen LogP contribution >= 0.6 is 0 Å². The SMILES string of the molecule is C.C.CCC(CC)O[C@H]1[C@H](NC(C)=O)[C@@H](NC)CC(CC)(CC)[C@@H]1O.CCC1=C[C@@H](OC(CC)CC)[C@H](NC(C)=O)[C@@H](NC)C1.O=C=O.O=C=O.O=C=O. The molecule has 54 heavy (non-hydrogen) atoms. The predicted molar refractivity (Wildman–Crippen MR) is 205 cm³/mol. The second-order valence-electron chi connectivity index (χ2n) is 12.7. The molecule has 0 aliphatic heterocycles. The van der Waals surface area contributed by atoms with Crippen molar-refractivity contribution >= 4 is 30.3 Å². The molecule has 1 saturated carbocycles. The zero-order valence-corrected chi connectivity index (χ0v) is 33.2. The molecule has 0 bridgehead atoms. The lowest BCUT2D eigenvalue weighted by atomic mass is 9.63. The van der Waals surface area contributed by atoms with E-state index in [1.54, 1.807) is 6.92 Å². The molecule has 0 saturated heterocycles. The van der Waals surface area contributed by atoms with Gasteiger partial charge in [0.25, 0.3) is 0 Å². The zero-order valence-electron chi connectivity index (χ0n) is 33.2. The molecular formula is C39H74N4O11. The number of likely N-dealkylation sites (N-methyl/N-ethyl adjacent to an activating group) is 2. The molecule has 0 spiro atoms. The van der Waals surface area contributed by atoms with Crippen LogP contribution in [-0.4, -0.2) is 104 Å². The fourth-order valence-electron chi connectivity index (χ4n) is 6.81.